The first-order valence-electron chi connectivity index (χ1n) is 4.71. The highest BCUT2D eigenvalue weighted by molar-refractivity contribution is 7.80. The van der Waals surface area contributed by atoms with Gasteiger partial charge in [-0.3, -0.25) is 4.79 Å². The fourth-order valence-electron chi connectivity index (χ4n) is 1.19. The average molecular weight is 222 g/mol. The van der Waals surface area contributed by atoms with E-state index in [1.165, 1.54) is 0 Å². The zero-order valence-electron chi connectivity index (χ0n) is 8.64. The molecule has 0 unspecified atom stereocenters. The molecule has 15 heavy (non-hydrogen) atoms. The maximum atomic E-state index is 11.7. The van der Waals surface area contributed by atoms with Gasteiger partial charge in [0.05, 0.1) is 4.99 Å². The number of thiocarbonyl (C=S) groups is 1. The van der Waals surface area contributed by atoms with Crippen LogP contribution < -0.4 is 10.6 Å². The van der Waals surface area contributed by atoms with Gasteiger partial charge in [0.1, 0.15) is 0 Å². The Balaban J connectivity index is 2.57. The zero-order chi connectivity index (χ0) is 11.3. The lowest BCUT2D eigenvalue weighted by molar-refractivity contribution is -0.118. The Labute approximate surface area is 94.9 Å². The number of nitrogens with two attached hydrogens (primary N) is 1. The topological polar surface area (TPSA) is 46.3 Å². The van der Waals surface area contributed by atoms with E-state index in [4.69, 9.17) is 18.0 Å². The highest BCUT2D eigenvalue weighted by Crippen LogP contribution is 2.12. The lowest BCUT2D eigenvalue weighted by atomic mass is 10.2. The molecule has 0 aliphatic rings. The van der Waals surface area contributed by atoms with Crippen LogP contribution in [0.4, 0.5) is 5.69 Å². The first-order valence-corrected chi connectivity index (χ1v) is 5.12. The second-order valence-electron chi connectivity index (χ2n) is 3.25. The molecule has 0 fully saturated rings. The van der Waals surface area contributed by atoms with Gasteiger partial charge in [-0.25, -0.2) is 0 Å². The number of hydrogen-bond donors (Lipinski definition) is 1. The van der Waals surface area contributed by atoms with Crippen molar-refractivity contribution in [2.45, 2.75) is 12.8 Å². The van der Waals surface area contributed by atoms with E-state index in [2.05, 4.69) is 0 Å². The fourth-order valence-corrected chi connectivity index (χ4v) is 1.30. The Hall–Kier alpha value is -1.42. The molecule has 4 heteroatoms. The number of carbonyl (C=O) groups excluding carboxylic acids is 1. The van der Waals surface area contributed by atoms with Gasteiger partial charge in [-0.2, -0.15) is 0 Å². The van der Waals surface area contributed by atoms with Crippen molar-refractivity contribution in [1.29, 1.82) is 0 Å². The summed E-state index contributed by atoms with van der Waals surface area (Å²) in [5.41, 5.74) is 6.22. The average Bonchev–Trinajstić information content (AvgIpc) is 2.26. The molecule has 0 aromatic heterocycles. The van der Waals surface area contributed by atoms with Gasteiger partial charge < -0.3 is 10.6 Å². The zero-order valence-corrected chi connectivity index (χ0v) is 9.46. The molecular formula is C11H14N2OS. The highest BCUT2D eigenvalue weighted by atomic mass is 32.1. The van der Waals surface area contributed by atoms with Crippen LogP contribution in [-0.4, -0.2) is 17.9 Å². The van der Waals surface area contributed by atoms with E-state index in [1.807, 2.05) is 30.3 Å². The van der Waals surface area contributed by atoms with Crippen molar-refractivity contribution < 1.29 is 4.79 Å². The molecule has 1 amide bonds. The van der Waals surface area contributed by atoms with Crippen LogP contribution in [0.2, 0.25) is 0 Å². The summed E-state index contributed by atoms with van der Waals surface area (Å²) in [6.45, 7) is 0. The Morgan fingerprint density at radius 1 is 1.33 bits per heavy atom. The van der Waals surface area contributed by atoms with Gasteiger partial charge in [0.2, 0.25) is 5.91 Å². The van der Waals surface area contributed by atoms with Crippen molar-refractivity contribution in [1.82, 2.24) is 0 Å². The molecule has 3 nitrogen and oxygen atoms in total. The number of anilines is 1. The van der Waals surface area contributed by atoms with Gasteiger partial charge in [-0.1, -0.05) is 30.4 Å². The molecule has 0 spiro atoms. The second kappa shape index (κ2) is 5.46. The Bertz CT molecular complexity index is 351. The number of para-hydroxylation sites is 1. The van der Waals surface area contributed by atoms with Crippen LogP contribution in [0.5, 0.6) is 0 Å². The van der Waals surface area contributed by atoms with E-state index in [0.717, 1.165) is 5.69 Å². The van der Waals surface area contributed by atoms with Crippen molar-refractivity contribution in [2.75, 3.05) is 11.9 Å². The van der Waals surface area contributed by atoms with E-state index >= 15 is 0 Å². The molecule has 0 bridgehead atoms. The number of carbonyl (C=O) groups is 1. The molecular weight excluding hydrogens is 208 g/mol. The molecule has 0 saturated heterocycles. The molecule has 0 aliphatic heterocycles. The Kier molecular flexibility index (Phi) is 4.24. The van der Waals surface area contributed by atoms with Crippen molar-refractivity contribution >= 4 is 28.8 Å². The Morgan fingerprint density at radius 2 is 1.93 bits per heavy atom. The molecule has 0 radical (unpaired) electrons. The van der Waals surface area contributed by atoms with Gasteiger partial charge in [-0.15, -0.1) is 0 Å². The largest absolute Gasteiger partial charge is 0.393 e. The van der Waals surface area contributed by atoms with Crippen molar-refractivity contribution in [3.63, 3.8) is 0 Å². The van der Waals surface area contributed by atoms with Crippen LogP contribution in [0, 0.1) is 0 Å². The summed E-state index contributed by atoms with van der Waals surface area (Å²) < 4.78 is 0. The number of benzene rings is 1. The lowest BCUT2D eigenvalue weighted by Gasteiger charge is -2.16. The van der Waals surface area contributed by atoms with Gasteiger partial charge >= 0.3 is 0 Å². The predicted molar refractivity (Wildman–Crippen MR) is 65.9 cm³/mol. The summed E-state index contributed by atoms with van der Waals surface area (Å²) in [6.07, 6.45) is 0.825. The predicted octanol–water partition coefficient (Wildman–Crippen LogP) is 1.72. The molecule has 1 rings (SSSR count). The number of nitrogens with zero attached hydrogens (tertiary/aromatic N) is 1. The molecule has 2 N–H and O–H groups in total. The van der Waals surface area contributed by atoms with Gasteiger partial charge in [0.15, 0.2) is 0 Å². The normalized spacial score (nSPS) is 9.67. The summed E-state index contributed by atoms with van der Waals surface area (Å²) in [7, 11) is 1.75. The molecule has 80 valence electrons. The van der Waals surface area contributed by atoms with Crippen molar-refractivity contribution in [3.05, 3.63) is 30.3 Å². The minimum Gasteiger partial charge on any atom is -0.393 e. The van der Waals surface area contributed by atoms with E-state index in [0.29, 0.717) is 17.8 Å². The number of amides is 1. The van der Waals surface area contributed by atoms with Gasteiger partial charge in [0.25, 0.3) is 0 Å². The maximum absolute atomic E-state index is 11.7. The minimum absolute atomic E-state index is 0.0222. The van der Waals surface area contributed by atoms with E-state index in [-0.39, 0.29) is 5.91 Å². The fraction of sp³-hybridized carbons (Fsp3) is 0.273. The van der Waals surface area contributed by atoms with Crippen LogP contribution >= 0.6 is 12.2 Å². The van der Waals surface area contributed by atoms with Gasteiger partial charge in [-0.05, 0) is 12.1 Å². The summed E-state index contributed by atoms with van der Waals surface area (Å²) >= 11 is 4.72. The maximum Gasteiger partial charge on any atom is 0.227 e. The quantitative estimate of drug-likeness (QED) is 0.789. The van der Waals surface area contributed by atoms with Crippen LogP contribution in [0.25, 0.3) is 0 Å². The molecule has 1 aromatic rings. The molecule has 0 aliphatic carbocycles. The van der Waals surface area contributed by atoms with Crippen LogP contribution in [0.3, 0.4) is 0 Å². The third kappa shape index (κ3) is 3.67. The first-order chi connectivity index (χ1) is 7.11. The molecule has 1 aromatic carbocycles. The second-order valence-corrected chi connectivity index (χ2v) is 3.78. The van der Waals surface area contributed by atoms with Gasteiger partial charge in [0, 0.05) is 25.6 Å². The smallest absolute Gasteiger partial charge is 0.227 e. The molecule has 0 saturated carbocycles. The Morgan fingerprint density at radius 3 is 2.47 bits per heavy atom. The summed E-state index contributed by atoms with van der Waals surface area (Å²) in [6, 6.07) is 9.48. The SMILES string of the molecule is CN(C(=O)CCC(N)=S)c1ccccc1. The van der Waals surface area contributed by atoms with E-state index in [9.17, 15) is 4.79 Å². The number of hydrogen-bond acceptors (Lipinski definition) is 2. The van der Waals surface area contributed by atoms with E-state index in [1.54, 1.807) is 11.9 Å². The summed E-state index contributed by atoms with van der Waals surface area (Å²) in [4.78, 5) is 13.6. The highest BCUT2D eigenvalue weighted by Gasteiger charge is 2.10. The van der Waals surface area contributed by atoms with Crippen LogP contribution in [-0.2, 0) is 4.79 Å². The monoisotopic (exact) mass is 222 g/mol. The molecule has 0 heterocycles. The van der Waals surface area contributed by atoms with Crippen molar-refractivity contribution in [2.24, 2.45) is 5.73 Å². The van der Waals surface area contributed by atoms with Crippen molar-refractivity contribution in [3.8, 4) is 0 Å². The standard InChI is InChI=1S/C11H14N2OS/c1-13(9-5-3-2-4-6-9)11(14)8-7-10(12)15/h2-6H,7-8H2,1H3,(H2,12,15). The third-order valence-electron chi connectivity index (χ3n) is 2.10. The first kappa shape index (κ1) is 11.7. The van der Waals surface area contributed by atoms with Crippen LogP contribution in [0.1, 0.15) is 12.8 Å². The lowest BCUT2D eigenvalue weighted by Crippen LogP contribution is -2.27. The summed E-state index contributed by atoms with van der Waals surface area (Å²) in [5.74, 6) is 0.0222. The van der Waals surface area contributed by atoms with E-state index < -0.39 is 0 Å². The minimum atomic E-state index is 0.0222. The summed E-state index contributed by atoms with van der Waals surface area (Å²) in [5, 5.41) is 0. The number of rotatable bonds is 4. The van der Waals surface area contributed by atoms with Crippen LogP contribution in [0.15, 0.2) is 30.3 Å². The molecule has 0 atom stereocenters. The third-order valence-corrected chi connectivity index (χ3v) is 2.31.